The Balaban J connectivity index is 1.68. The van der Waals surface area contributed by atoms with Crippen molar-refractivity contribution in [2.75, 3.05) is 21.9 Å². The summed E-state index contributed by atoms with van der Waals surface area (Å²) in [5.74, 6) is -0.0921. The summed E-state index contributed by atoms with van der Waals surface area (Å²) in [4.78, 5) is 12.2. The van der Waals surface area contributed by atoms with Crippen molar-refractivity contribution < 1.29 is 13.2 Å². The molecule has 3 rings (SSSR count). The number of hydrogen-bond acceptors (Lipinski definition) is 3. The highest BCUT2D eigenvalue weighted by Crippen LogP contribution is 2.27. The van der Waals surface area contributed by atoms with Crippen molar-refractivity contribution in [3.8, 4) is 0 Å². The van der Waals surface area contributed by atoms with Crippen LogP contribution in [0.3, 0.4) is 0 Å². The van der Waals surface area contributed by atoms with Gasteiger partial charge in [-0.3, -0.25) is 9.10 Å². The molecule has 7 heteroatoms. The third kappa shape index (κ3) is 4.51. The van der Waals surface area contributed by atoms with Gasteiger partial charge < -0.3 is 5.32 Å². The van der Waals surface area contributed by atoms with E-state index in [4.69, 9.17) is 11.6 Å². The van der Waals surface area contributed by atoms with E-state index in [1.54, 1.807) is 36.4 Å². The number of hydrogen-bond donors (Lipinski definition) is 1. The molecule has 142 valence electrons. The minimum absolute atomic E-state index is 0.190. The highest BCUT2D eigenvalue weighted by Gasteiger charge is 2.28. The fourth-order valence-corrected chi connectivity index (χ4v) is 5.02. The molecule has 0 spiro atoms. The molecule has 1 saturated heterocycles. The predicted molar refractivity (Wildman–Crippen MR) is 111 cm³/mol. The van der Waals surface area contributed by atoms with E-state index in [9.17, 15) is 13.2 Å². The molecule has 2 aromatic carbocycles. The van der Waals surface area contributed by atoms with E-state index in [1.807, 2.05) is 19.9 Å². The summed E-state index contributed by atoms with van der Waals surface area (Å²) in [5, 5.41) is 3.30. The van der Waals surface area contributed by atoms with Crippen molar-refractivity contribution in [3.63, 3.8) is 0 Å². The largest absolute Gasteiger partial charge is 0.321 e. The van der Waals surface area contributed by atoms with Crippen LogP contribution >= 0.6 is 11.6 Å². The van der Waals surface area contributed by atoms with E-state index in [1.165, 1.54) is 10.4 Å². The molecule has 1 heterocycles. The van der Waals surface area contributed by atoms with Crippen molar-refractivity contribution in [2.24, 2.45) is 0 Å². The van der Waals surface area contributed by atoms with E-state index in [-0.39, 0.29) is 11.7 Å². The number of halogens is 1. The van der Waals surface area contributed by atoms with E-state index >= 15 is 0 Å². The summed E-state index contributed by atoms with van der Waals surface area (Å²) in [7, 11) is -3.19. The second-order valence-corrected chi connectivity index (χ2v) is 9.01. The van der Waals surface area contributed by atoms with Gasteiger partial charge in [0.05, 0.1) is 22.2 Å². The van der Waals surface area contributed by atoms with Gasteiger partial charge in [-0.15, -0.1) is 0 Å². The summed E-state index contributed by atoms with van der Waals surface area (Å²) in [6.07, 6.45) is 3.75. The normalized spacial score (nSPS) is 16.0. The molecule has 1 fully saturated rings. The van der Waals surface area contributed by atoms with Crippen LogP contribution in [0.1, 0.15) is 23.1 Å². The van der Waals surface area contributed by atoms with Crippen LogP contribution in [0.5, 0.6) is 0 Å². The Morgan fingerprint density at radius 1 is 1.19 bits per heavy atom. The number of carbonyl (C=O) groups excluding carboxylic acids is 1. The fourth-order valence-electron chi connectivity index (χ4n) is 3.09. The number of rotatable bonds is 4. The van der Waals surface area contributed by atoms with E-state index in [2.05, 4.69) is 5.32 Å². The molecule has 0 atom stereocenters. The Morgan fingerprint density at radius 3 is 2.48 bits per heavy atom. The third-order valence-electron chi connectivity index (χ3n) is 4.39. The van der Waals surface area contributed by atoms with Gasteiger partial charge in [0.1, 0.15) is 0 Å². The zero-order valence-electron chi connectivity index (χ0n) is 15.2. The molecule has 5 nitrogen and oxygen atoms in total. The summed E-state index contributed by atoms with van der Waals surface area (Å²) in [6, 6.07) is 10.8. The lowest BCUT2D eigenvalue weighted by molar-refractivity contribution is -0.111. The minimum Gasteiger partial charge on any atom is -0.321 e. The first-order valence-corrected chi connectivity index (χ1v) is 10.6. The fraction of sp³-hybridized carbons (Fsp3) is 0.250. The zero-order valence-corrected chi connectivity index (χ0v) is 16.8. The van der Waals surface area contributed by atoms with Crippen LogP contribution in [0.25, 0.3) is 6.08 Å². The molecule has 0 saturated carbocycles. The van der Waals surface area contributed by atoms with E-state index in [0.717, 1.165) is 16.7 Å². The predicted octanol–water partition coefficient (Wildman–Crippen LogP) is 4.15. The molecule has 1 N–H and O–H groups in total. The second kappa shape index (κ2) is 7.74. The highest BCUT2D eigenvalue weighted by atomic mass is 35.5. The maximum Gasteiger partial charge on any atom is 0.248 e. The molecular weight excluding hydrogens is 384 g/mol. The van der Waals surface area contributed by atoms with Gasteiger partial charge in [0.25, 0.3) is 0 Å². The zero-order chi connectivity index (χ0) is 19.6. The molecule has 0 unspecified atom stereocenters. The van der Waals surface area contributed by atoms with Gasteiger partial charge in [-0.25, -0.2) is 8.42 Å². The van der Waals surface area contributed by atoms with Crippen LogP contribution < -0.4 is 9.62 Å². The SMILES string of the molecule is Cc1cc(C)c(NC(=O)C=Cc2ccc(N3CCCS3(=O)=O)cc2)c(Cl)c1. The van der Waals surface area contributed by atoms with Crippen molar-refractivity contribution in [2.45, 2.75) is 20.3 Å². The molecule has 27 heavy (non-hydrogen) atoms. The third-order valence-corrected chi connectivity index (χ3v) is 6.56. The Kier molecular flexibility index (Phi) is 5.58. The molecule has 0 radical (unpaired) electrons. The quantitative estimate of drug-likeness (QED) is 0.778. The van der Waals surface area contributed by atoms with Gasteiger partial charge in [-0.05, 0) is 61.2 Å². The van der Waals surface area contributed by atoms with Crippen LogP contribution in [-0.2, 0) is 14.8 Å². The first-order valence-electron chi connectivity index (χ1n) is 8.62. The maximum absolute atomic E-state index is 12.2. The molecule has 1 amide bonds. The number of aryl methyl sites for hydroxylation is 2. The van der Waals surface area contributed by atoms with Crippen molar-refractivity contribution in [3.05, 3.63) is 64.2 Å². The monoisotopic (exact) mass is 404 g/mol. The summed E-state index contributed by atoms with van der Waals surface area (Å²) < 4.78 is 25.3. The van der Waals surface area contributed by atoms with Crippen LogP contribution in [0.15, 0.2) is 42.5 Å². The minimum atomic E-state index is -3.19. The molecule has 1 aliphatic rings. The van der Waals surface area contributed by atoms with Crippen LogP contribution in [0, 0.1) is 13.8 Å². The lowest BCUT2D eigenvalue weighted by atomic mass is 10.1. The topological polar surface area (TPSA) is 66.5 Å². The molecule has 2 aromatic rings. The lowest BCUT2D eigenvalue weighted by Crippen LogP contribution is -2.24. The number of benzene rings is 2. The molecule has 0 bridgehead atoms. The molecular formula is C20H21ClN2O3S. The van der Waals surface area contributed by atoms with Crippen molar-refractivity contribution in [1.29, 1.82) is 0 Å². The average Bonchev–Trinajstić information content (AvgIpc) is 2.96. The number of anilines is 2. The standard InChI is InChI=1S/C20H21ClN2O3S/c1-14-12-15(2)20(18(21)13-14)22-19(24)9-6-16-4-7-17(8-5-16)23-10-3-11-27(23,25)26/h4-9,12-13H,3,10-11H2,1-2H3,(H,22,24). The Morgan fingerprint density at radius 2 is 1.89 bits per heavy atom. The Hall–Kier alpha value is -2.31. The first kappa shape index (κ1) is 19.5. The number of carbonyl (C=O) groups is 1. The average molecular weight is 405 g/mol. The smallest absolute Gasteiger partial charge is 0.248 e. The number of nitrogens with zero attached hydrogens (tertiary/aromatic N) is 1. The van der Waals surface area contributed by atoms with Gasteiger partial charge in [0, 0.05) is 12.6 Å². The van der Waals surface area contributed by atoms with Gasteiger partial charge >= 0.3 is 0 Å². The van der Waals surface area contributed by atoms with Crippen LogP contribution in [-0.4, -0.2) is 26.6 Å². The van der Waals surface area contributed by atoms with Crippen LogP contribution in [0.2, 0.25) is 5.02 Å². The van der Waals surface area contributed by atoms with Gasteiger partial charge in [0.2, 0.25) is 15.9 Å². The molecule has 0 aliphatic carbocycles. The number of amides is 1. The van der Waals surface area contributed by atoms with Gasteiger partial charge in [0.15, 0.2) is 0 Å². The summed E-state index contributed by atoms with van der Waals surface area (Å²) in [6.45, 7) is 4.35. The number of sulfonamides is 1. The van der Waals surface area contributed by atoms with E-state index < -0.39 is 10.0 Å². The van der Waals surface area contributed by atoms with Crippen molar-refractivity contribution >= 4 is 45.0 Å². The Labute approximate surface area is 164 Å². The number of nitrogens with one attached hydrogen (secondary N) is 1. The second-order valence-electron chi connectivity index (χ2n) is 6.59. The molecule has 1 aliphatic heterocycles. The van der Waals surface area contributed by atoms with Gasteiger partial charge in [-0.2, -0.15) is 0 Å². The molecule has 0 aromatic heterocycles. The summed E-state index contributed by atoms with van der Waals surface area (Å²) in [5.41, 5.74) is 3.99. The maximum atomic E-state index is 12.2. The van der Waals surface area contributed by atoms with Crippen LogP contribution in [0.4, 0.5) is 11.4 Å². The summed E-state index contributed by atoms with van der Waals surface area (Å²) >= 11 is 6.21. The van der Waals surface area contributed by atoms with Crippen molar-refractivity contribution in [1.82, 2.24) is 0 Å². The first-order chi connectivity index (χ1) is 12.8. The van der Waals surface area contributed by atoms with Gasteiger partial charge in [-0.1, -0.05) is 29.8 Å². The Bertz CT molecular complexity index is 975. The van der Waals surface area contributed by atoms with E-state index in [0.29, 0.717) is 29.4 Å². The lowest BCUT2D eigenvalue weighted by Gasteiger charge is -2.16. The highest BCUT2D eigenvalue weighted by molar-refractivity contribution is 7.93.